The lowest BCUT2D eigenvalue weighted by Crippen LogP contribution is -2.23. The third-order valence-corrected chi connectivity index (χ3v) is 13.5. The predicted octanol–water partition coefficient (Wildman–Crippen LogP) is 12.3. The van der Waals surface area contributed by atoms with E-state index in [1.54, 1.807) is 0 Å². The highest BCUT2D eigenvalue weighted by Gasteiger charge is 2.31. The van der Waals surface area contributed by atoms with Gasteiger partial charge in [-0.3, -0.25) is 0 Å². The van der Waals surface area contributed by atoms with Crippen LogP contribution in [0.4, 0.5) is 0 Å². The van der Waals surface area contributed by atoms with Crippen LogP contribution in [-0.2, 0) is 33.2 Å². The van der Waals surface area contributed by atoms with Crippen molar-refractivity contribution >= 4 is 23.5 Å². The van der Waals surface area contributed by atoms with E-state index >= 15 is 0 Å². The van der Waals surface area contributed by atoms with E-state index in [4.69, 9.17) is 0 Å². The van der Waals surface area contributed by atoms with Gasteiger partial charge in [-0.25, -0.2) is 0 Å². The van der Waals surface area contributed by atoms with Crippen LogP contribution in [0.25, 0.3) is 0 Å². The number of hydrogen-bond acceptors (Lipinski definition) is 4. The first-order valence-corrected chi connectivity index (χ1v) is 19.4. The van der Waals surface area contributed by atoms with Gasteiger partial charge in [0.25, 0.3) is 0 Å². The van der Waals surface area contributed by atoms with Gasteiger partial charge in [-0.1, -0.05) is 133 Å². The van der Waals surface area contributed by atoms with Crippen molar-refractivity contribution < 1.29 is 10.2 Å². The van der Waals surface area contributed by atoms with Gasteiger partial charge in [0, 0.05) is 44.3 Å². The highest BCUT2D eigenvalue weighted by molar-refractivity contribution is 8.03. The summed E-state index contributed by atoms with van der Waals surface area (Å²) in [5, 5.41) is 24.2. The zero-order valence-electron chi connectivity index (χ0n) is 30.2. The van der Waals surface area contributed by atoms with Crippen LogP contribution in [0.15, 0.2) is 24.3 Å². The Morgan fingerprint density at radius 1 is 0.568 bits per heavy atom. The summed E-state index contributed by atoms with van der Waals surface area (Å²) in [4.78, 5) is 0. The molecule has 0 radical (unpaired) electrons. The molecule has 2 aromatic carbocycles. The van der Waals surface area contributed by atoms with Crippen molar-refractivity contribution in [3.8, 4) is 11.5 Å². The van der Waals surface area contributed by atoms with Crippen LogP contribution in [0.3, 0.4) is 0 Å². The molecule has 0 aromatic heterocycles. The van der Waals surface area contributed by atoms with E-state index in [1.165, 1.54) is 49.7 Å². The molecule has 2 aromatic rings. The van der Waals surface area contributed by atoms with Gasteiger partial charge < -0.3 is 10.2 Å². The van der Waals surface area contributed by atoms with Crippen LogP contribution in [0, 0.1) is 0 Å². The number of thioether (sulfide) groups is 2. The van der Waals surface area contributed by atoms with Crippen LogP contribution in [0.1, 0.15) is 168 Å². The number of hydrogen-bond donors (Lipinski definition) is 2. The maximum Gasteiger partial charge on any atom is 0.123 e. The Morgan fingerprint density at radius 3 is 1.20 bits per heavy atom. The standard InChI is InChI=1S/C40H64O2S2/c1-13-39(9,10)31-23-29(37(3,4)5)21-27(35(31)41)25-43-33-19-17-15-16-18-20-34(33)44-26-28-22-30(38(6,7)8)24-32(36(28)42)40(11,12)14-2/h21-24,33-34,41-42H,13-20,25-26H2,1-12H3. The summed E-state index contributed by atoms with van der Waals surface area (Å²) in [5.74, 6) is 2.68. The van der Waals surface area contributed by atoms with Crippen LogP contribution in [0.2, 0.25) is 0 Å². The molecule has 1 fully saturated rings. The van der Waals surface area contributed by atoms with Crippen molar-refractivity contribution in [2.75, 3.05) is 0 Å². The molecule has 2 atom stereocenters. The van der Waals surface area contributed by atoms with E-state index < -0.39 is 0 Å². The van der Waals surface area contributed by atoms with Crippen LogP contribution >= 0.6 is 23.5 Å². The van der Waals surface area contributed by atoms with E-state index in [1.807, 2.05) is 0 Å². The average molecular weight is 641 g/mol. The fraction of sp³-hybridized carbons (Fsp3) is 0.700. The Morgan fingerprint density at radius 2 is 0.909 bits per heavy atom. The third-order valence-electron chi connectivity index (χ3n) is 10.4. The van der Waals surface area contributed by atoms with E-state index in [-0.39, 0.29) is 21.7 Å². The minimum Gasteiger partial charge on any atom is -0.507 e. The summed E-state index contributed by atoms with van der Waals surface area (Å²) in [6, 6.07) is 9.06. The number of phenolic OH excluding ortho intramolecular Hbond substituents is 2. The van der Waals surface area contributed by atoms with Crippen molar-refractivity contribution in [2.24, 2.45) is 0 Å². The van der Waals surface area contributed by atoms with Crippen LogP contribution < -0.4 is 0 Å². The van der Waals surface area contributed by atoms with Gasteiger partial charge in [0.2, 0.25) is 0 Å². The number of benzene rings is 2. The summed E-state index contributed by atoms with van der Waals surface area (Å²) >= 11 is 4.11. The number of aromatic hydroxyl groups is 2. The Labute approximate surface area is 280 Å². The Kier molecular flexibility index (Phi) is 12.4. The molecule has 2 N–H and O–H groups in total. The molecule has 2 nitrogen and oxygen atoms in total. The topological polar surface area (TPSA) is 40.5 Å². The fourth-order valence-electron chi connectivity index (χ4n) is 6.08. The molecule has 0 amide bonds. The fourth-order valence-corrected chi connectivity index (χ4v) is 9.15. The lowest BCUT2D eigenvalue weighted by atomic mass is 9.77. The molecule has 0 bridgehead atoms. The molecule has 44 heavy (non-hydrogen) atoms. The molecule has 0 heterocycles. The average Bonchev–Trinajstić information content (AvgIpc) is 2.92. The SMILES string of the molecule is CCC(C)(C)c1cc(C(C)(C)C)cc(CSC2CCCCCCC2SCc2cc(C(C)(C)C)cc(C(C)(C)CC)c2O)c1O. The van der Waals surface area contributed by atoms with Gasteiger partial charge >= 0.3 is 0 Å². The first-order chi connectivity index (χ1) is 20.3. The maximum absolute atomic E-state index is 11.6. The molecular formula is C40H64O2S2. The molecular weight excluding hydrogens is 577 g/mol. The second-order valence-electron chi connectivity index (χ2n) is 16.7. The molecule has 248 valence electrons. The quantitative estimate of drug-likeness (QED) is 0.271. The first-order valence-electron chi connectivity index (χ1n) is 17.3. The van der Waals surface area contributed by atoms with Gasteiger partial charge in [0.05, 0.1) is 0 Å². The smallest absolute Gasteiger partial charge is 0.123 e. The Balaban J connectivity index is 1.92. The van der Waals surface area contributed by atoms with Gasteiger partial charge in [-0.15, -0.1) is 0 Å². The van der Waals surface area contributed by atoms with Crippen molar-refractivity contribution in [2.45, 2.75) is 178 Å². The molecule has 1 saturated carbocycles. The second-order valence-corrected chi connectivity index (χ2v) is 19.2. The summed E-state index contributed by atoms with van der Waals surface area (Å²) in [6.45, 7) is 27.1. The molecule has 1 aliphatic carbocycles. The van der Waals surface area contributed by atoms with Gasteiger partial charge in [-0.2, -0.15) is 23.5 Å². The lowest BCUT2D eigenvalue weighted by Gasteiger charge is -2.32. The van der Waals surface area contributed by atoms with E-state index in [2.05, 4.69) is 131 Å². The largest absolute Gasteiger partial charge is 0.507 e. The van der Waals surface area contributed by atoms with E-state index in [0.29, 0.717) is 22.0 Å². The van der Waals surface area contributed by atoms with Gasteiger partial charge in [0.15, 0.2) is 0 Å². The zero-order chi connectivity index (χ0) is 33.1. The lowest BCUT2D eigenvalue weighted by molar-refractivity contribution is 0.422. The van der Waals surface area contributed by atoms with Gasteiger partial charge in [0.1, 0.15) is 11.5 Å². The first kappa shape index (κ1) is 37.2. The van der Waals surface area contributed by atoms with Crippen molar-refractivity contribution in [3.63, 3.8) is 0 Å². The highest BCUT2D eigenvalue weighted by Crippen LogP contribution is 2.45. The molecule has 0 saturated heterocycles. The monoisotopic (exact) mass is 640 g/mol. The molecule has 0 spiro atoms. The minimum atomic E-state index is -0.0713. The predicted molar refractivity (Wildman–Crippen MR) is 198 cm³/mol. The molecule has 3 rings (SSSR count). The van der Waals surface area contributed by atoms with Crippen molar-refractivity contribution in [3.05, 3.63) is 57.6 Å². The maximum atomic E-state index is 11.6. The van der Waals surface area contributed by atoms with Crippen LogP contribution in [0.5, 0.6) is 11.5 Å². The summed E-state index contributed by atoms with van der Waals surface area (Å²) in [5.41, 5.74) is 6.89. The Bertz CT molecular complexity index is 1150. The third kappa shape index (κ3) is 9.18. The normalized spacial score (nSPS) is 19.1. The van der Waals surface area contributed by atoms with Crippen molar-refractivity contribution in [1.29, 1.82) is 0 Å². The minimum absolute atomic E-state index is 0.0269. The highest BCUT2D eigenvalue weighted by atomic mass is 32.2. The zero-order valence-corrected chi connectivity index (χ0v) is 31.9. The van der Waals surface area contributed by atoms with E-state index in [0.717, 1.165) is 46.6 Å². The van der Waals surface area contributed by atoms with E-state index in [9.17, 15) is 10.2 Å². The second kappa shape index (κ2) is 14.7. The van der Waals surface area contributed by atoms with Crippen molar-refractivity contribution in [1.82, 2.24) is 0 Å². The summed E-state index contributed by atoms with van der Waals surface area (Å²) in [7, 11) is 0. The molecule has 0 aliphatic heterocycles. The number of rotatable bonds is 10. The van der Waals surface area contributed by atoms with Gasteiger partial charge in [-0.05, 0) is 58.5 Å². The molecule has 2 unspecified atom stereocenters. The molecule has 4 heteroatoms. The van der Waals surface area contributed by atoms with Crippen LogP contribution in [-0.4, -0.2) is 20.7 Å². The molecule has 1 aliphatic rings. The summed E-state index contributed by atoms with van der Waals surface area (Å²) < 4.78 is 0. The Hall–Kier alpha value is -1.26. The summed E-state index contributed by atoms with van der Waals surface area (Å²) in [6.07, 6.45) is 9.60. The number of phenols is 2.